The van der Waals surface area contributed by atoms with Crippen LogP contribution in [0.15, 0.2) is 24.4 Å². The number of hydrogen-bond acceptors (Lipinski definition) is 5. The lowest BCUT2D eigenvalue weighted by Gasteiger charge is -1.99. The number of nitrogens with zero attached hydrogens (tertiary/aromatic N) is 3. The molecule has 0 atom stereocenters. The van der Waals surface area contributed by atoms with Crippen molar-refractivity contribution in [3.8, 4) is 0 Å². The average Bonchev–Trinajstić information content (AvgIpc) is 2.66. The predicted octanol–water partition coefficient (Wildman–Crippen LogP) is 0.417. The van der Waals surface area contributed by atoms with Gasteiger partial charge in [0.25, 0.3) is 0 Å². The van der Waals surface area contributed by atoms with Crippen molar-refractivity contribution in [2.24, 2.45) is 0 Å². The van der Waals surface area contributed by atoms with E-state index in [-0.39, 0.29) is 24.6 Å². The largest absolute Gasteiger partial charge is 0.480 e. The minimum absolute atomic E-state index is 0.0320. The summed E-state index contributed by atoms with van der Waals surface area (Å²) in [6, 6.07) is 5.03. The minimum Gasteiger partial charge on any atom is -0.480 e. The number of imidazole rings is 1. The summed E-state index contributed by atoms with van der Waals surface area (Å²) in [4.78, 5) is 24.9. The van der Waals surface area contributed by atoms with E-state index < -0.39 is 10.9 Å². The summed E-state index contributed by atoms with van der Waals surface area (Å²) < 4.78 is 1.36. The lowest BCUT2D eigenvalue weighted by atomic mass is 10.4. The maximum Gasteiger partial charge on any atom is 0.352 e. The molecule has 0 radical (unpaired) electrons. The second-order valence-corrected chi connectivity index (χ2v) is 3.57. The Morgan fingerprint density at radius 3 is 3.00 bits per heavy atom. The van der Waals surface area contributed by atoms with Gasteiger partial charge in [-0.3, -0.25) is 4.79 Å². The molecule has 8 heteroatoms. The number of aromatic nitrogens is 2. The summed E-state index contributed by atoms with van der Waals surface area (Å²) in [6.07, 6.45) is 1.54. The third kappa shape index (κ3) is 2.28. The molecule has 0 amide bonds. The van der Waals surface area contributed by atoms with Crippen LogP contribution >= 0.6 is 0 Å². The van der Waals surface area contributed by atoms with Gasteiger partial charge in [-0.25, -0.2) is 4.98 Å². The van der Waals surface area contributed by atoms with Crippen LogP contribution in [0.3, 0.4) is 0 Å². The van der Waals surface area contributed by atoms with Crippen LogP contribution in [0.25, 0.3) is 5.65 Å². The third-order valence-corrected chi connectivity index (χ3v) is 2.32. The molecule has 0 spiro atoms. The molecule has 2 aromatic rings. The Balaban J connectivity index is 2.34. The number of fused-ring (bicyclic) bond motifs is 1. The lowest BCUT2D eigenvalue weighted by molar-refractivity contribution is -0.391. The van der Waals surface area contributed by atoms with Gasteiger partial charge < -0.3 is 20.5 Å². The number of rotatable bonds is 5. The Morgan fingerprint density at radius 2 is 2.33 bits per heavy atom. The zero-order valence-corrected chi connectivity index (χ0v) is 9.24. The van der Waals surface area contributed by atoms with E-state index >= 15 is 0 Å². The second-order valence-electron chi connectivity index (χ2n) is 3.57. The van der Waals surface area contributed by atoms with E-state index in [4.69, 9.17) is 5.11 Å². The third-order valence-electron chi connectivity index (χ3n) is 2.32. The van der Waals surface area contributed by atoms with Crippen LogP contribution in [0.4, 0.5) is 5.82 Å². The van der Waals surface area contributed by atoms with Crippen LogP contribution in [0.5, 0.6) is 0 Å². The van der Waals surface area contributed by atoms with Gasteiger partial charge in [0.1, 0.15) is 0 Å². The number of nitro groups is 1. The van der Waals surface area contributed by atoms with E-state index in [1.165, 1.54) is 4.40 Å². The molecule has 0 saturated carbocycles. The Hall–Kier alpha value is -2.48. The smallest absolute Gasteiger partial charge is 0.352 e. The van der Waals surface area contributed by atoms with Gasteiger partial charge in [0.2, 0.25) is 5.65 Å². The van der Waals surface area contributed by atoms with Crippen LogP contribution in [-0.4, -0.2) is 31.9 Å². The van der Waals surface area contributed by atoms with Gasteiger partial charge in [-0.1, -0.05) is 6.07 Å². The van der Waals surface area contributed by atoms with Crippen molar-refractivity contribution in [1.82, 2.24) is 14.7 Å². The highest BCUT2D eigenvalue weighted by atomic mass is 16.6. The molecule has 0 bridgehead atoms. The van der Waals surface area contributed by atoms with Crippen LogP contribution in [-0.2, 0) is 11.3 Å². The fraction of sp³-hybridized carbons (Fsp3) is 0.200. The quantitative estimate of drug-likeness (QED) is 0.587. The van der Waals surface area contributed by atoms with Gasteiger partial charge >= 0.3 is 11.8 Å². The number of carboxylic acid groups (broad SMARTS) is 1. The van der Waals surface area contributed by atoms with E-state index in [2.05, 4.69) is 10.3 Å². The lowest BCUT2D eigenvalue weighted by Crippen LogP contribution is -2.22. The maximum absolute atomic E-state index is 11.0. The van der Waals surface area contributed by atoms with Gasteiger partial charge in [-0.2, -0.15) is 4.40 Å². The molecule has 2 heterocycles. The van der Waals surface area contributed by atoms with Crippen molar-refractivity contribution in [3.05, 3.63) is 40.2 Å². The number of hydrogen-bond donors (Lipinski definition) is 2. The SMILES string of the molecule is O=C(O)CNCc1nc2ccccn2c1[N+](=O)[O-]. The molecule has 2 aromatic heterocycles. The fourth-order valence-corrected chi connectivity index (χ4v) is 1.63. The number of nitrogens with one attached hydrogen (secondary N) is 1. The molecule has 8 nitrogen and oxygen atoms in total. The van der Waals surface area contributed by atoms with Crippen molar-refractivity contribution in [2.75, 3.05) is 6.54 Å². The van der Waals surface area contributed by atoms with Crippen LogP contribution in [0.2, 0.25) is 0 Å². The van der Waals surface area contributed by atoms with Crippen molar-refractivity contribution in [2.45, 2.75) is 6.54 Å². The zero-order chi connectivity index (χ0) is 13.1. The second kappa shape index (κ2) is 4.80. The van der Waals surface area contributed by atoms with Crippen LogP contribution in [0.1, 0.15) is 5.69 Å². The summed E-state index contributed by atoms with van der Waals surface area (Å²) in [6.45, 7) is -0.241. The Bertz CT molecular complexity index is 607. The first-order valence-corrected chi connectivity index (χ1v) is 5.12. The van der Waals surface area contributed by atoms with Crippen molar-refractivity contribution >= 4 is 17.4 Å². The first-order chi connectivity index (χ1) is 8.59. The van der Waals surface area contributed by atoms with Crippen LogP contribution in [0, 0.1) is 10.1 Å². The molecule has 0 aliphatic rings. The van der Waals surface area contributed by atoms with Gasteiger partial charge in [0.15, 0.2) is 5.69 Å². The minimum atomic E-state index is -1.03. The molecule has 2 rings (SSSR count). The Kier molecular flexibility index (Phi) is 3.20. The molecule has 0 fully saturated rings. The summed E-state index contributed by atoms with van der Waals surface area (Å²) in [5.74, 6) is -1.18. The highest BCUT2D eigenvalue weighted by Crippen LogP contribution is 2.19. The zero-order valence-electron chi connectivity index (χ0n) is 9.24. The standard InChI is InChI=1S/C10H10N4O4/c15-9(16)6-11-5-7-10(14(17)18)13-4-2-1-3-8(13)12-7/h1-4,11H,5-6H2,(H,15,16). The van der Waals surface area contributed by atoms with Crippen molar-refractivity contribution < 1.29 is 14.8 Å². The molecular formula is C10H10N4O4. The molecule has 2 N–H and O–H groups in total. The topological polar surface area (TPSA) is 110 Å². The van der Waals surface area contributed by atoms with Gasteiger partial charge in [0.05, 0.1) is 12.7 Å². The summed E-state index contributed by atoms with van der Waals surface area (Å²) in [5.41, 5.74) is 0.670. The number of aliphatic carboxylic acids is 1. The van der Waals surface area contributed by atoms with E-state index in [0.29, 0.717) is 5.65 Å². The Labute approximate surface area is 101 Å². The first kappa shape index (κ1) is 12.0. The average molecular weight is 250 g/mol. The van der Waals surface area contributed by atoms with E-state index in [1.807, 2.05) is 0 Å². The molecule has 0 aromatic carbocycles. The van der Waals surface area contributed by atoms with Crippen molar-refractivity contribution in [1.29, 1.82) is 0 Å². The first-order valence-electron chi connectivity index (χ1n) is 5.12. The monoisotopic (exact) mass is 250 g/mol. The Morgan fingerprint density at radius 1 is 1.56 bits per heavy atom. The van der Waals surface area contributed by atoms with E-state index in [1.54, 1.807) is 24.4 Å². The fourth-order valence-electron chi connectivity index (χ4n) is 1.63. The normalized spacial score (nSPS) is 10.7. The summed E-state index contributed by atoms with van der Waals surface area (Å²) >= 11 is 0. The number of carbonyl (C=O) groups is 1. The van der Waals surface area contributed by atoms with E-state index in [9.17, 15) is 14.9 Å². The van der Waals surface area contributed by atoms with E-state index in [0.717, 1.165) is 0 Å². The van der Waals surface area contributed by atoms with Crippen LogP contribution < -0.4 is 5.32 Å². The van der Waals surface area contributed by atoms with Gasteiger partial charge in [0, 0.05) is 12.6 Å². The molecule has 0 unspecified atom stereocenters. The number of carboxylic acids is 1. The van der Waals surface area contributed by atoms with Gasteiger partial charge in [-0.05, 0) is 11.0 Å². The highest BCUT2D eigenvalue weighted by molar-refractivity contribution is 5.69. The molecule has 0 aliphatic carbocycles. The van der Waals surface area contributed by atoms with Crippen molar-refractivity contribution in [3.63, 3.8) is 0 Å². The molecule has 0 saturated heterocycles. The predicted molar refractivity (Wildman–Crippen MR) is 61.2 cm³/mol. The summed E-state index contributed by atoms with van der Waals surface area (Å²) in [7, 11) is 0. The molecular weight excluding hydrogens is 240 g/mol. The molecule has 0 aliphatic heterocycles. The molecule has 94 valence electrons. The molecule has 18 heavy (non-hydrogen) atoms. The summed E-state index contributed by atoms with van der Waals surface area (Å²) in [5, 5.41) is 22.1. The van der Waals surface area contributed by atoms with Gasteiger partial charge in [-0.15, -0.1) is 0 Å². The highest BCUT2D eigenvalue weighted by Gasteiger charge is 2.21. The number of pyridine rings is 1. The maximum atomic E-state index is 11.0.